The van der Waals surface area contributed by atoms with Crippen LogP contribution in [0.25, 0.3) is 10.2 Å². The summed E-state index contributed by atoms with van der Waals surface area (Å²) in [6, 6.07) is 1.02. The molecule has 15 heteroatoms. The Balaban J connectivity index is 1.36. The van der Waals surface area contributed by atoms with Crippen LogP contribution in [0.15, 0.2) is 40.3 Å². The Morgan fingerprint density at radius 3 is 2.92 bits per heavy atom. The first-order valence-electron chi connectivity index (χ1n) is 10.6. The largest absolute Gasteiger partial charge is 0.477 e. The standard InChI is InChI=1S/C21H19N7O5S3/c1-9-23-11-6-27(4-3-13(11)36-9)5-10-7-34-19-15(18(30)28(19)16(10)20(31)32)25-17(29)14(26-33-2)12-8-35-21(22)24-12/h3-4,6,8,15,19H,5,7H2,1-2H3,(H3-,22,24,25,29,31,32)/p+1/b26-14-/t15?,19-/m0/s1. The number of rotatable bonds is 7. The van der Waals surface area contributed by atoms with Crippen LogP contribution >= 0.6 is 34.4 Å². The van der Waals surface area contributed by atoms with Gasteiger partial charge in [-0.15, -0.1) is 34.4 Å². The minimum absolute atomic E-state index is 0.0608. The number of oxime groups is 1. The molecule has 5 rings (SSSR count). The molecule has 1 saturated heterocycles. The number of aromatic nitrogens is 3. The Labute approximate surface area is 216 Å². The summed E-state index contributed by atoms with van der Waals surface area (Å²) < 4.78 is 2.90. The topological polar surface area (TPSA) is 164 Å². The Kier molecular flexibility index (Phi) is 6.36. The Hall–Kier alpha value is -3.56. The summed E-state index contributed by atoms with van der Waals surface area (Å²) in [6.07, 6.45) is 3.73. The molecule has 0 aliphatic carbocycles. The number of carboxylic acid groups (broad SMARTS) is 1. The average Bonchev–Trinajstić information content (AvgIpc) is 3.44. The molecule has 2 amide bonds. The third-order valence-corrected chi connectivity index (χ3v) is 8.53. The highest BCUT2D eigenvalue weighted by Crippen LogP contribution is 2.40. The molecule has 1 fully saturated rings. The zero-order valence-electron chi connectivity index (χ0n) is 19.0. The van der Waals surface area contributed by atoms with Gasteiger partial charge in [-0.2, -0.15) is 4.57 Å². The van der Waals surface area contributed by atoms with Crippen molar-refractivity contribution in [2.45, 2.75) is 24.9 Å². The van der Waals surface area contributed by atoms with Gasteiger partial charge in [-0.1, -0.05) is 5.16 Å². The van der Waals surface area contributed by atoms with Crippen LogP contribution in [0.3, 0.4) is 0 Å². The predicted octanol–water partition coefficient (Wildman–Crippen LogP) is 0.720. The molecule has 0 spiro atoms. The number of aryl methyl sites for hydroxylation is 1. The van der Waals surface area contributed by atoms with Crippen molar-refractivity contribution in [1.82, 2.24) is 20.2 Å². The van der Waals surface area contributed by atoms with Crippen molar-refractivity contribution in [2.24, 2.45) is 5.16 Å². The number of carbonyl (C=O) groups excluding carboxylic acids is 2. The molecule has 2 aliphatic rings. The molecule has 0 saturated carbocycles. The monoisotopic (exact) mass is 546 g/mol. The molecule has 5 heterocycles. The van der Waals surface area contributed by atoms with Gasteiger partial charge in [0.2, 0.25) is 0 Å². The van der Waals surface area contributed by atoms with E-state index in [9.17, 15) is 19.5 Å². The summed E-state index contributed by atoms with van der Waals surface area (Å²) in [5.41, 5.74) is 7.10. The highest BCUT2D eigenvalue weighted by Gasteiger charge is 2.54. The first-order chi connectivity index (χ1) is 17.3. The van der Waals surface area contributed by atoms with Gasteiger partial charge in [0.25, 0.3) is 11.8 Å². The van der Waals surface area contributed by atoms with Crippen LogP contribution in [-0.2, 0) is 25.8 Å². The Morgan fingerprint density at radius 1 is 1.42 bits per heavy atom. The number of nitrogens with one attached hydrogen (secondary N) is 1. The summed E-state index contributed by atoms with van der Waals surface area (Å²) in [4.78, 5) is 52.6. The second-order valence-electron chi connectivity index (χ2n) is 7.91. The number of hydrogen-bond donors (Lipinski definition) is 3. The molecular formula is C21H20N7O5S3+. The van der Waals surface area contributed by atoms with Crippen molar-refractivity contribution < 1.29 is 28.9 Å². The van der Waals surface area contributed by atoms with Crippen LogP contribution in [-0.4, -0.2) is 67.7 Å². The molecule has 1 unspecified atom stereocenters. The maximum absolute atomic E-state index is 13.0. The van der Waals surface area contributed by atoms with Crippen LogP contribution in [0.5, 0.6) is 0 Å². The van der Waals surface area contributed by atoms with E-state index in [2.05, 4.69) is 20.4 Å². The van der Waals surface area contributed by atoms with E-state index >= 15 is 0 Å². The Bertz CT molecular complexity index is 1460. The van der Waals surface area contributed by atoms with Gasteiger partial charge in [0.05, 0.1) is 9.71 Å². The lowest BCUT2D eigenvalue weighted by molar-refractivity contribution is -0.687. The van der Waals surface area contributed by atoms with Crippen LogP contribution < -0.4 is 15.6 Å². The fraction of sp³-hybridized carbons (Fsp3) is 0.286. The number of anilines is 1. The van der Waals surface area contributed by atoms with E-state index in [-0.39, 0.29) is 22.2 Å². The van der Waals surface area contributed by atoms with Crippen molar-refractivity contribution in [3.63, 3.8) is 0 Å². The number of aliphatic carboxylic acids is 1. The zero-order chi connectivity index (χ0) is 25.6. The number of fused-ring (bicyclic) bond motifs is 2. The SMILES string of the molecule is CO/N=C(\C(=O)NC1C(=O)N2C(C(=O)O)=C(C[n+]3ccc4sc(C)nc4c3)CS[C@@H]12)c1csc(N)n1. The lowest BCUT2D eigenvalue weighted by atomic mass is 10.0. The number of thioether (sulfide) groups is 1. The van der Waals surface area contributed by atoms with Crippen molar-refractivity contribution >= 4 is 73.3 Å². The molecule has 2 atom stereocenters. The number of amides is 2. The van der Waals surface area contributed by atoms with Gasteiger partial charge in [0.15, 0.2) is 29.8 Å². The number of thiazole rings is 2. The van der Waals surface area contributed by atoms with E-state index in [0.717, 1.165) is 26.6 Å². The maximum Gasteiger partial charge on any atom is 0.352 e. The van der Waals surface area contributed by atoms with E-state index in [1.54, 1.807) is 16.7 Å². The van der Waals surface area contributed by atoms with Gasteiger partial charge >= 0.3 is 5.97 Å². The second kappa shape index (κ2) is 9.48. The predicted molar refractivity (Wildman–Crippen MR) is 134 cm³/mol. The highest BCUT2D eigenvalue weighted by atomic mass is 32.2. The van der Waals surface area contributed by atoms with E-state index in [4.69, 9.17) is 10.6 Å². The van der Waals surface area contributed by atoms with E-state index in [0.29, 0.717) is 17.9 Å². The number of nitrogens with two attached hydrogens (primary N) is 1. The maximum atomic E-state index is 13.0. The molecule has 0 bridgehead atoms. The number of hydrogen-bond acceptors (Lipinski definition) is 11. The van der Waals surface area contributed by atoms with Crippen LogP contribution in [0.4, 0.5) is 5.13 Å². The lowest BCUT2D eigenvalue weighted by Crippen LogP contribution is -2.71. The third kappa shape index (κ3) is 4.29. The minimum atomic E-state index is -1.20. The zero-order valence-corrected chi connectivity index (χ0v) is 21.4. The van der Waals surface area contributed by atoms with Gasteiger partial charge in [0.1, 0.15) is 35.4 Å². The second-order valence-corrected chi connectivity index (χ2v) is 11.1. The average molecular weight is 547 g/mol. The van der Waals surface area contributed by atoms with Gasteiger partial charge in [0, 0.05) is 22.8 Å². The van der Waals surface area contributed by atoms with Crippen molar-refractivity contribution in [2.75, 3.05) is 18.6 Å². The first kappa shape index (κ1) is 24.1. The normalized spacial score (nSPS) is 19.8. The molecule has 36 heavy (non-hydrogen) atoms. The molecule has 186 valence electrons. The van der Waals surface area contributed by atoms with Crippen LogP contribution in [0.2, 0.25) is 0 Å². The van der Waals surface area contributed by atoms with Crippen molar-refractivity contribution in [1.29, 1.82) is 0 Å². The van der Waals surface area contributed by atoms with E-state index in [1.807, 2.05) is 30.0 Å². The van der Waals surface area contributed by atoms with Crippen molar-refractivity contribution in [3.8, 4) is 0 Å². The summed E-state index contributed by atoms with van der Waals surface area (Å²) in [6.45, 7) is 2.23. The molecule has 12 nitrogen and oxygen atoms in total. The minimum Gasteiger partial charge on any atom is -0.477 e. The Morgan fingerprint density at radius 2 is 2.22 bits per heavy atom. The molecule has 3 aromatic rings. The quantitative estimate of drug-likeness (QED) is 0.168. The smallest absolute Gasteiger partial charge is 0.352 e. The van der Waals surface area contributed by atoms with Gasteiger partial charge < -0.3 is 21.0 Å². The lowest BCUT2D eigenvalue weighted by Gasteiger charge is -2.49. The van der Waals surface area contributed by atoms with Crippen LogP contribution in [0, 0.1) is 6.92 Å². The fourth-order valence-electron chi connectivity index (χ4n) is 4.06. The summed E-state index contributed by atoms with van der Waals surface area (Å²) in [5, 5.41) is 18.5. The third-order valence-electron chi connectivity index (χ3n) is 5.57. The first-order valence-corrected chi connectivity index (χ1v) is 13.3. The number of carboxylic acids is 1. The summed E-state index contributed by atoms with van der Waals surface area (Å²) in [5.74, 6) is -2.00. The molecule has 2 aliphatic heterocycles. The van der Waals surface area contributed by atoms with E-state index in [1.165, 1.54) is 23.8 Å². The van der Waals surface area contributed by atoms with Crippen LogP contribution in [0.1, 0.15) is 10.7 Å². The molecular weight excluding hydrogens is 526 g/mol. The van der Waals surface area contributed by atoms with Crippen molar-refractivity contribution in [3.05, 3.63) is 45.8 Å². The number of nitrogens with zero attached hydrogens (tertiary/aromatic N) is 5. The van der Waals surface area contributed by atoms with Gasteiger partial charge in [-0.25, -0.2) is 14.8 Å². The molecule has 3 aromatic heterocycles. The summed E-state index contributed by atoms with van der Waals surface area (Å²) >= 11 is 4.10. The number of β-lactam (4-membered cyclic amide) rings is 1. The molecule has 4 N–H and O–H groups in total. The van der Waals surface area contributed by atoms with Gasteiger partial charge in [-0.3, -0.25) is 14.5 Å². The van der Waals surface area contributed by atoms with Gasteiger partial charge in [-0.05, 0) is 6.92 Å². The number of carbonyl (C=O) groups is 3. The summed E-state index contributed by atoms with van der Waals surface area (Å²) in [7, 11) is 1.28. The molecule has 0 aromatic carbocycles. The highest BCUT2D eigenvalue weighted by molar-refractivity contribution is 8.00. The fourth-order valence-corrected chi connectivity index (χ4v) is 6.74. The number of pyridine rings is 1. The van der Waals surface area contributed by atoms with E-state index < -0.39 is 29.2 Å². The number of nitrogen functional groups attached to an aromatic ring is 1. The molecule has 0 radical (unpaired) electrons.